The summed E-state index contributed by atoms with van der Waals surface area (Å²) in [5.41, 5.74) is 6.13. The average Bonchev–Trinajstić information content (AvgIpc) is 3.22. The van der Waals surface area contributed by atoms with Crippen LogP contribution in [0.2, 0.25) is 0 Å². The summed E-state index contributed by atoms with van der Waals surface area (Å²) in [6.45, 7) is 3.48. The summed E-state index contributed by atoms with van der Waals surface area (Å²) in [5.74, 6) is 0. The van der Waals surface area contributed by atoms with Gasteiger partial charge in [-0.1, -0.05) is 30.3 Å². The maximum atomic E-state index is 13.0. The van der Waals surface area contributed by atoms with Crippen LogP contribution in [0.5, 0.6) is 0 Å². The minimum absolute atomic E-state index is 0.00592. The first-order valence-electron chi connectivity index (χ1n) is 10.8. The van der Waals surface area contributed by atoms with Crippen LogP contribution in [0.15, 0.2) is 59.5 Å². The fourth-order valence-electron chi connectivity index (χ4n) is 4.34. The third kappa shape index (κ3) is 3.79. The van der Waals surface area contributed by atoms with Crippen LogP contribution in [0.4, 0.5) is 0 Å². The maximum absolute atomic E-state index is 13.0. The van der Waals surface area contributed by atoms with Gasteiger partial charge in [0.25, 0.3) is 5.56 Å². The van der Waals surface area contributed by atoms with Crippen LogP contribution in [0.25, 0.3) is 22.2 Å². The van der Waals surface area contributed by atoms with Gasteiger partial charge in [0.1, 0.15) is 0 Å². The van der Waals surface area contributed by atoms with E-state index in [0.29, 0.717) is 11.8 Å². The molecule has 6 nitrogen and oxygen atoms in total. The van der Waals surface area contributed by atoms with Crippen molar-refractivity contribution in [2.24, 2.45) is 7.05 Å². The van der Waals surface area contributed by atoms with E-state index < -0.39 is 0 Å². The van der Waals surface area contributed by atoms with Crippen molar-refractivity contribution >= 4 is 10.9 Å². The monoisotopic (exact) mass is 414 g/mol. The lowest BCUT2D eigenvalue weighted by atomic mass is 10.0. The van der Waals surface area contributed by atoms with Gasteiger partial charge in [-0.15, -0.1) is 0 Å². The molecule has 0 aliphatic carbocycles. The molecule has 0 N–H and O–H groups in total. The van der Waals surface area contributed by atoms with E-state index in [4.69, 9.17) is 4.74 Å². The number of hydrogen-bond donors (Lipinski definition) is 0. The summed E-state index contributed by atoms with van der Waals surface area (Å²) in [7, 11) is 1.84. The average molecular weight is 415 g/mol. The van der Waals surface area contributed by atoms with Gasteiger partial charge in [-0.2, -0.15) is 5.10 Å². The van der Waals surface area contributed by atoms with Gasteiger partial charge in [0.05, 0.1) is 28.8 Å². The minimum atomic E-state index is 0.00592. The van der Waals surface area contributed by atoms with Crippen molar-refractivity contribution in [1.82, 2.24) is 19.3 Å². The summed E-state index contributed by atoms with van der Waals surface area (Å²) >= 11 is 0. The number of aryl methyl sites for hydroxylation is 1. The molecule has 31 heavy (non-hydrogen) atoms. The highest BCUT2D eigenvalue weighted by Gasteiger charge is 2.20. The molecule has 4 aromatic rings. The standard InChI is InChI=1S/C25H26N4O2/c1-17-4-3-5-23(27-17)19-8-6-18(7-9-19)14-21-15-24-22(25(30)28(21)2)16-26-29(24)20-10-12-31-13-11-20/h3-9,15-16,20H,10-14H2,1-2H3. The third-order valence-corrected chi connectivity index (χ3v) is 6.16. The first-order chi connectivity index (χ1) is 15.1. The van der Waals surface area contributed by atoms with E-state index in [2.05, 4.69) is 40.4 Å². The molecule has 3 aromatic heterocycles. The predicted octanol–water partition coefficient (Wildman–Crippen LogP) is 4.05. The molecule has 0 saturated carbocycles. The van der Waals surface area contributed by atoms with Crippen molar-refractivity contribution in [2.75, 3.05) is 13.2 Å². The van der Waals surface area contributed by atoms with Crippen molar-refractivity contribution in [3.63, 3.8) is 0 Å². The van der Waals surface area contributed by atoms with Gasteiger partial charge < -0.3 is 9.30 Å². The molecule has 1 aliphatic heterocycles. The van der Waals surface area contributed by atoms with Crippen LogP contribution in [0.1, 0.15) is 35.8 Å². The molecule has 1 saturated heterocycles. The zero-order chi connectivity index (χ0) is 21.4. The largest absolute Gasteiger partial charge is 0.381 e. The molecule has 0 atom stereocenters. The zero-order valence-electron chi connectivity index (χ0n) is 17.9. The SMILES string of the molecule is Cc1cccc(-c2ccc(Cc3cc4c(cnn4C4CCOCC4)c(=O)n3C)cc2)n1. The number of hydrogen-bond acceptors (Lipinski definition) is 4. The highest BCUT2D eigenvalue weighted by Crippen LogP contribution is 2.25. The summed E-state index contributed by atoms with van der Waals surface area (Å²) < 4.78 is 9.26. The van der Waals surface area contributed by atoms with Crippen molar-refractivity contribution in [3.05, 3.63) is 82.0 Å². The normalized spacial score (nSPS) is 14.9. The van der Waals surface area contributed by atoms with Crippen LogP contribution < -0.4 is 5.56 Å². The third-order valence-electron chi connectivity index (χ3n) is 6.16. The van der Waals surface area contributed by atoms with Crippen LogP contribution in [-0.2, 0) is 18.2 Å². The summed E-state index contributed by atoms with van der Waals surface area (Å²) in [6, 6.07) is 16.9. The number of nitrogens with zero attached hydrogens (tertiary/aromatic N) is 4. The molecule has 0 radical (unpaired) electrons. The van der Waals surface area contributed by atoms with E-state index in [1.807, 2.05) is 36.9 Å². The topological polar surface area (TPSA) is 61.9 Å². The van der Waals surface area contributed by atoms with Gasteiger partial charge in [0, 0.05) is 43.6 Å². The Balaban J connectivity index is 1.47. The van der Waals surface area contributed by atoms with Gasteiger partial charge in [-0.25, -0.2) is 0 Å². The lowest BCUT2D eigenvalue weighted by Gasteiger charge is -2.23. The summed E-state index contributed by atoms with van der Waals surface area (Å²) in [4.78, 5) is 17.6. The first-order valence-corrected chi connectivity index (χ1v) is 10.8. The van der Waals surface area contributed by atoms with Crippen LogP contribution in [0.3, 0.4) is 0 Å². The molecule has 5 rings (SSSR count). The summed E-state index contributed by atoms with van der Waals surface area (Å²) in [5, 5.41) is 5.24. The smallest absolute Gasteiger partial charge is 0.261 e. The number of ether oxygens (including phenoxy) is 1. The Kier molecular flexibility index (Phi) is 5.16. The van der Waals surface area contributed by atoms with E-state index in [1.165, 1.54) is 0 Å². The predicted molar refractivity (Wildman–Crippen MR) is 121 cm³/mol. The molecule has 6 heteroatoms. The minimum Gasteiger partial charge on any atom is -0.381 e. The second-order valence-corrected chi connectivity index (χ2v) is 8.27. The Morgan fingerprint density at radius 3 is 2.61 bits per heavy atom. The molecular weight excluding hydrogens is 388 g/mol. The fourth-order valence-corrected chi connectivity index (χ4v) is 4.34. The maximum Gasteiger partial charge on any atom is 0.261 e. The van der Waals surface area contributed by atoms with Gasteiger partial charge in [0.15, 0.2) is 0 Å². The van der Waals surface area contributed by atoms with Crippen molar-refractivity contribution < 1.29 is 4.74 Å². The van der Waals surface area contributed by atoms with Crippen molar-refractivity contribution in [2.45, 2.75) is 32.2 Å². The number of aromatic nitrogens is 4. The lowest BCUT2D eigenvalue weighted by molar-refractivity contribution is 0.0675. The number of fused-ring (bicyclic) bond motifs is 1. The fraction of sp³-hybridized carbons (Fsp3) is 0.320. The number of pyridine rings is 2. The first kappa shape index (κ1) is 19.7. The van der Waals surface area contributed by atoms with E-state index >= 15 is 0 Å². The van der Waals surface area contributed by atoms with E-state index in [9.17, 15) is 4.79 Å². The molecule has 0 amide bonds. The lowest BCUT2D eigenvalue weighted by Crippen LogP contribution is -2.23. The van der Waals surface area contributed by atoms with Crippen LogP contribution in [0, 0.1) is 6.92 Å². The highest BCUT2D eigenvalue weighted by atomic mass is 16.5. The Bertz CT molecular complexity index is 1280. The second kappa shape index (κ2) is 8.12. The Morgan fingerprint density at radius 1 is 1.10 bits per heavy atom. The molecule has 0 spiro atoms. The van der Waals surface area contributed by atoms with Crippen LogP contribution in [-0.4, -0.2) is 32.5 Å². The molecule has 1 aliphatic rings. The molecule has 0 unspecified atom stereocenters. The molecule has 1 aromatic carbocycles. The zero-order valence-corrected chi connectivity index (χ0v) is 17.9. The Labute approximate surface area is 181 Å². The van der Waals surface area contributed by atoms with E-state index in [0.717, 1.165) is 59.8 Å². The Morgan fingerprint density at radius 2 is 1.87 bits per heavy atom. The van der Waals surface area contributed by atoms with E-state index in [1.54, 1.807) is 10.8 Å². The van der Waals surface area contributed by atoms with Gasteiger partial charge in [0.2, 0.25) is 0 Å². The Hall–Kier alpha value is -3.25. The van der Waals surface area contributed by atoms with Gasteiger partial charge in [-0.05, 0) is 43.5 Å². The summed E-state index contributed by atoms with van der Waals surface area (Å²) in [6.07, 6.45) is 4.24. The number of benzene rings is 1. The molecular formula is C25H26N4O2. The quantitative estimate of drug-likeness (QED) is 0.505. The highest BCUT2D eigenvalue weighted by molar-refractivity contribution is 5.78. The van der Waals surface area contributed by atoms with Crippen molar-refractivity contribution in [3.8, 4) is 11.3 Å². The molecule has 0 bridgehead atoms. The van der Waals surface area contributed by atoms with Crippen LogP contribution >= 0.6 is 0 Å². The van der Waals surface area contributed by atoms with E-state index in [-0.39, 0.29) is 11.6 Å². The second-order valence-electron chi connectivity index (χ2n) is 8.27. The molecule has 1 fully saturated rings. The van der Waals surface area contributed by atoms with Gasteiger partial charge >= 0.3 is 0 Å². The molecule has 158 valence electrons. The van der Waals surface area contributed by atoms with Crippen molar-refractivity contribution in [1.29, 1.82) is 0 Å². The number of rotatable bonds is 4. The van der Waals surface area contributed by atoms with Gasteiger partial charge in [-0.3, -0.25) is 14.5 Å². The molecule has 4 heterocycles.